The molecule has 0 aliphatic carbocycles. The van der Waals surface area contributed by atoms with Crippen LogP contribution in [0.5, 0.6) is 0 Å². The molecule has 0 bridgehead atoms. The van der Waals surface area contributed by atoms with Crippen LogP contribution in [0.4, 0.5) is 0 Å². The van der Waals surface area contributed by atoms with Gasteiger partial charge in [0.1, 0.15) is 5.76 Å². The van der Waals surface area contributed by atoms with E-state index in [0.29, 0.717) is 6.54 Å². The van der Waals surface area contributed by atoms with Gasteiger partial charge in [-0.25, -0.2) is 0 Å². The van der Waals surface area contributed by atoms with Crippen molar-refractivity contribution in [3.8, 4) is 0 Å². The van der Waals surface area contributed by atoms with Gasteiger partial charge in [0.15, 0.2) is 0 Å². The number of unbranched alkanes of at least 4 members (excludes halogenated alkanes) is 1. The smallest absolute Gasteiger partial charge is 0.138 e. The fourth-order valence-corrected chi connectivity index (χ4v) is 1.24. The van der Waals surface area contributed by atoms with Gasteiger partial charge in [-0.05, 0) is 19.8 Å². The zero-order valence-electron chi connectivity index (χ0n) is 7.76. The van der Waals surface area contributed by atoms with Crippen molar-refractivity contribution in [2.45, 2.75) is 39.7 Å². The highest BCUT2D eigenvalue weighted by atomic mass is 16.5. The van der Waals surface area contributed by atoms with Crippen LogP contribution in [0, 0.1) is 6.92 Å². The van der Waals surface area contributed by atoms with Gasteiger partial charge in [-0.3, -0.25) is 0 Å². The number of rotatable bonds is 4. The summed E-state index contributed by atoms with van der Waals surface area (Å²) in [5.41, 5.74) is 7.69. The highest BCUT2D eigenvalue weighted by molar-refractivity contribution is 5.21. The van der Waals surface area contributed by atoms with Crippen molar-refractivity contribution in [3.63, 3.8) is 0 Å². The van der Waals surface area contributed by atoms with Gasteiger partial charge >= 0.3 is 0 Å². The molecule has 0 saturated heterocycles. The molecule has 0 unspecified atom stereocenters. The Balaban J connectivity index is 2.70. The predicted molar refractivity (Wildman–Crippen MR) is 47.7 cm³/mol. The molecule has 1 heterocycles. The number of hydrogen-bond donors (Lipinski definition) is 1. The lowest BCUT2D eigenvalue weighted by molar-refractivity contribution is 0.389. The second-order valence-corrected chi connectivity index (χ2v) is 2.97. The predicted octanol–water partition coefficient (Wildman–Crippen LogP) is 1.78. The van der Waals surface area contributed by atoms with Gasteiger partial charge in [0.25, 0.3) is 0 Å². The van der Waals surface area contributed by atoms with Gasteiger partial charge in [0.2, 0.25) is 0 Å². The number of aryl methyl sites for hydroxylation is 2. The van der Waals surface area contributed by atoms with E-state index in [1.54, 1.807) is 0 Å². The Kier molecular flexibility index (Phi) is 3.29. The summed E-state index contributed by atoms with van der Waals surface area (Å²) in [6.45, 7) is 4.61. The summed E-state index contributed by atoms with van der Waals surface area (Å²) in [4.78, 5) is 0. The molecule has 0 radical (unpaired) electrons. The molecule has 1 aromatic rings. The largest absolute Gasteiger partial charge is 0.361 e. The fraction of sp³-hybridized carbons (Fsp3) is 0.667. The van der Waals surface area contributed by atoms with Crippen molar-refractivity contribution in [1.82, 2.24) is 5.16 Å². The van der Waals surface area contributed by atoms with E-state index in [1.165, 1.54) is 6.42 Å². The fourth-order valence-electron chi connectivity index (χ4n) is 1.24. The van der Waals surface area contributed by atoms with Crippen molar-refractivity contribution in [1.29, 1.82) is 0 Å². The molecule has 1 rings (SSSR count). The zero-order chi connectivity index (χ0) is 8.97. The summed E-state index contributed by atoms with van der Waals surface area (Å²) in [6.07, 6.45) is 3.31. The Labute approximate surface area is 72.9 Å². The molecule has 0 atom stereocenters. The van der Waals surface area contributed by atoms with E-state index in [1.807, 2.05) is 6.92 Å². The van der Waals surface area contributed by atoms with Gasteiger partial charge in [0, 0.05) is 12.1 Å². The third-order valence-corrected chi connectivity index (χ3v) is 2.04. The van der Waals surface area contributed by atoms with E-state index in [-0.39, 0.29) is 0 Å². The topological polar surface area (TPSA) is 52.0 Å². The molecule has 12 heavy (non-hydrogen) atoms. The van der Waals surface area contributed by atoms with Crippen LogP contribution >= 0.6 is 0 Å². The van der Waals surface area contributed by atoms with Crippen molar-refractivity contribution < 1.29 is 4.52 Å². The van der Waals surface area contributed by atoms with Crippen LogP contribution in [0.25, 0.3) is 0 Å². The first kappa shape index (κ1) is 9.26. The second-order valence-electron chi connectivity index (χ2n) is 2.97. The van der Waals surface area contributed by atoms with E-state index in [2.05, 4.69) is 12.1 Å². The van der Waals surface area contributed by atoms with Crippen molar-refractivity contribution in [3.05, 3.63) is 17.0 Å². The summed E-state index contributed by atoms with van der Waals surface area (Å²) in [7, 11) is 0. The van der Waals surface area contributed by atoms with E-state index < -0.39 is 0 Å². The SMILES string of the molecule is CCCCc1noc(C)c1CN. The first-order chi connectivity index (χ1) is 5.79. The molecule has 0 amide bonds. The van der Waals surface area contributed by atoms with Crippen LogP contribution < -0.4 is 5.73 Å². The Hall–Kier alpha value is -0.830. The number of nitrogens with two attached hydrogens (primary N) is 1. The van der Waals surface area contributed by atoms with Crippen LogP contribution in [0.3, 0.4) is 0 Å². The minimum Gasteiger partial charge on any atom is -0.361 e. The molecule has 3 heteroatoms. The molecule has 0 fully saturated rings. The zero-order valence-corrected chi connectivity index (χ0v) is 7.76. The molecule has 0 saturated carbocycles. The number of hydrogen-bond acceptors (Lipinski definition) is 3. The standard InChI is InChI=1S/C9H16N2O/c1-3-4-5-9-8(6-10)7(2)12-11-9/h3-6,10H2,1-2H3. The quantitative estimate of drug-likeness (QED) is 0.745. The molecule has 68 valence electrons. The van der Waals surface area contributed by atoms with Gasteiger partial charge in [-0.1, -0.05) is 18.5 Å². The first-order valence-electron chi connectivity index (χ1n) is 4.43. The minimum absolute atomic E-state index is 0.536. The summed E-state index contributed by atoms with van der Waals surface area (Å²) in [6, 6.07) is 0. The highest BCUT2D eigenvalue weighted by Crippen LogP contribution is 2.14. The Morgan fingerprint density at radius 1 is 1.50 bits per heavy atom. The maximum atomic E-state index is 5.57. The van der Waals surface area contributed by atoms with Gasteiger partial charge in [-0.2, -0.15) is 0 Å². The minimum atomic E-state index is 0.536. The molecule has 0 aromatic carbocycles. The molecule has 1 aromatic heterocycles. The lowest BCUT2D eigenvalue weighted by atomic mass is 10.1. The third kappa shape index (κ3) is 1.85. The van der Waals surface area contributed by atoms with Crippen molar-refractivity contribution in [2.24, 2.45) is 5.73 Å². The van der Waals surface area contributed by atoms with Gasteiger partial charge in [-0.15, -0.1) is 0 Å². The number of aromatic nitrogens is 1. The van der Waals surface area contributed by atoms with E-state index in [0.717, 1.165) is 29.9 Å². The Bertz CT molecular complexity index is 243. The molecular weight excluding hydrogens is 152 g/mol. The molecule has 0 aliphatic rings. The number of nitrogens with zero attached hydrogens (tertiary/aromatic N) is 1. The maximum absolute atomic E-state index is 5.57. The van der Waals surface area contributed by atoms with Crippen molar-refractivity contribution in [2.75, 3.05) is 0 Å². The van der Waals surface area contributed by atoms with Gasteiger partial charge < -0.3 is 10.3 Å². The normalized spacial score (nSPS) is 10.6. The summed E-state index contributed by atoms with van der Waals surface area (Å²) >= 11 is 0. The molecular formula is C9H16N2O. The molecule has 0 aliphatic heterocycles. The van der Waals surface area contributed by atoms with E-state index >= 15 is 0 Å². The van der Waals surface area contributed by atoms with Crippen LogP contribution in [0.15, 0.2) is 4.52 Å². The summed E-state index contributed by atoms with van der Waals surface area (Å²) < 4.78 is 5.05. The van der Waals surface area contributed by atoms with Crippen LogP contribution in [0.1, 0.15) is 36.8 Å². The second kappa shape index (κ2) is 4.26. The monoisotopic (exact) mass is 168 g/mol. The van der Waals surface area contributed by atoms with Gasteiger partial charge in [0.05, 0.1) is 5.69 Å². The molecule has 0 spiro atoms. The lowest BCUT2D eigenvalue weighted by Crippen LogP contribution is -2.01. The third-order valence-electron chi connectivity index (χ3n) is 2.04. The van der Waals surface area contributed by atoms with Crippen LogP contribution in [-0.4, -0.2) is 5.16 Å². The first-order valence-corrected chi connectivity index (χ1v) is 4.43. The summed E-state index contributed by atoms with van der Waals surface area (Å²) in [5, 5.41) is 3.97. The Morgan fingerprint density at radius 3 is 2.83 bits per heavy atom. The van der Waals surface area contributed by atoms with Crippen LogP contribution in [-0.2, 0) is 13.0 Å². The van der Waals surface area contributed by atoms with Crippen molar-refractivity contribution >= 4 is 0 Å². The molecule has 3 nitrogen and oxygen atoms in total. The average molecular weight is 168 g/mol. The lowest BCUT2D eigenvalue weighted by Gasteiger charge is -1.96. The average Bonchev–Trinajstić information content (AvgIpc) is 2.43. The molecule has 2 N–H and O–H groups in total. The maximum Gasteiger partial charge on any atom is 0.138 e. The Morgan fingerprint density at radius 2 is 2.25 bits per heavy atom. The van der Waals surface area contributed by atoms with Crippen LogP contribution in [0.2, 0.25) is 0 Å². The van der Waals surface area contributed by atoms with E-state index in [4.69, 9.17) is 10.3 Å². The van der Waals surface area contributed by atoms with E-state index in [9.17, 15) is 0 Å². The summed E-state index contributed by atoms with van der Waals surface area (Å²) in [5.74, 6) is 0.864. The highest BCUT2D eigenvalue weighted by Gasteiger charge is 2.09.